The van der Waals surface area contributed by atoms with E-state index in [9.17, 15) is 13.5 Å². The lowest BCUT2D eigenvalue weighted by atomic mass is 10.1. The Bertz CT molecular complexity index is 958. The molecule has 0 saturated carbocycles. The molecular weight excluding hydrogens is 414 g/mol. The van der Waals surface area contributed by atoms with Crippen molar-refractivity contribution in [3.8, 4) is 11.5 Å². The Morgan fingerprint density at radius 2 is 1.87 bits per heavy atom. The zero-order valence-electron chi connectivity index (χ0n) is 18.6. The fourth-order valence-corrected chi connectivity index (χ4v) is 5.65. The van der Waals surface area contributed by atoms with Gasteiger partial charge in [0.25, 0.3) is 0 Å². The number of hydrogen-bond acceptors (Lipinski definition) is 6. The molecule has 2 aromatic rings. The minimum Gasteiger partial charge on any atom is -0.494 e. The van der Waals surface area contributed by atoms with Gasteiger partial charge in [-0.05, 0) is 62.1 Å². The van der Waals surface area contributed by atoms with E-state index in [1.165, 1.54) is 0 Å². The van der Waals surface area contributed by atoms with E-state index < -0.39 is 15.9 Å². The van der Waals surface area contributed by atoms with E-state index in [-0.39, 0.29) is 24.2 Å². The van der Waals surface area contributed by atoms with E-state index in [0.717, 1.165) is 28.2 Å². The van der Waals surface area contributed by atoms with Gasteiger partial charge in [0.05, 0.1) is 18.1 Å². The summed E-state index contributed by atoms with van der Waals surface area (Å²) < 4.78 is 35.5. The van der Waals surface area contributed by atoms with Gasteiger partial charge in [-0.25, -0.2) is 8.42 Å². The Labute approximate surface area is 185 Å². The van der Waals surface area contributed by atoms with Gasteiger partial charge in [0.1, 0.15) is 24.2 Å². The molecule has 1 heterocycles. The predicted molar refractivity (Wildman–Crippen MR) is 122 cm³/mol. The maximum atomic E-state index is 12.0. The van der Waals surface area contributed by atoms with Crippen molar-refractivity contribution in [2.45, 2.75) is 45.9 Å². The van der Waals surface area contributed by atoms with Crippen LogP contribution in [0.15, 0.2) is 42.5 Å². The molecule has 170 valence electrons. The number of hydrogen-bond donors (Lipinski definition) is 1. The lowest BCUT2D eigenvalue weighted by Crippen LogP contribution is -2.42. The van der Waals surface area contributed by atoms with E-state index in [1.54, 1.807) is 0 Å². The van der Waals surface area contributed by atoms with Gasteiger partial charge in [-0.2, -0.15) is 0 Å². The molecule has 1 fully saturated rings. The summed E-state index contributed by atoms with van der Waals surface area (Å²) in [7, 11) is -3.02. The van der Waals surface area contributed by atoms with Gasteiger partial charge >= 0.3 is 0 Å². The van der Waals surface area contributed by atoms with E-state index in [4.69, 9.17) is 9.47 Å². The molecule has 0 radical (unpaired) electrons. The number of aryl methyl sites for hydroxylation is 1. The molecule has 7 heteroatoms. The zero-order chi connectivity index (χ0) is 22.4. The Balaban J connectivity index is 1.66. The highest BCUT2D eigenvalue weighted by atomic mass is 32.2. The fourth-order valence-electron chi connectivity index (χ4n) is 3.89. The predicted octanol–water partition coefficient (Wildman–Crippen LogP) is 3.13. The van der Waals surface area contributed by atoms with Gasteiger partial charge in [0.2, 0.25) is 0 Å². The SMILES string of the molecule is CCOc1ccc(CN(CC(O)COc2cccc(C)c2C)C2CCS(=O)(=O)C2)cc1. The summed E-state index contributed by atoms with van der Waals surface area (Å²) in [5.74, 6) is 1.91. The van der Waals surface area contributed by atoms with Crippen LogP contribution >= 0.6 is 0 Å². The molecule has 0 aromatic heterocycles. The minimum absolute atomic E-state index is 0.105. The third kappa shape index (κ3) is 6.69. The van der Waals surface area contributed by atoms with Crippen LogP contribution in [-0.4, -0.2) is 61.8 Å². The van der Waals surface area contributed by atoms with Crippen LogP contribution in [0.3, 0.4) is 0 Å². The lowest BCUT2D eigenvalue weighted by molar-refractivity contribution is 0.0522. The first-order valence-electron chi connectivity index (χ1n) is 10.8. The summed E-state index contributed by atoms with van der Waals surface area (Å²) in [5.41, 5.74) is 3.25. The van der Waals surface area contributed by atoms with Crippen LogP contribution in [0.25, 0.3) is 0 Å². The topological polar surface area (TPSA) is 76.1 Å². The molecule has 1 aliphatic rings. The van der Waals surface area contributed by atoms with Crippen molar-refractivity contribution in [2.24, 2.45) is 0 Å². The minimum atomic E-state index is -3.02. The van der Waals surface area contributed by atoms with Gasteiger partial charge in [0.15, 0.2) is 9.84 Å². The van der Waals surface area contributed by atoms with Crippen LogP contribution in [0.1, 0.15) is 30.0 Å². The third-order valence-electron chi connectivity index (χ3n) is 5.78. The van der Waals surface area contributed by atoms with E-state index in [1.807, 2.05) is 63.2 Å². The van der Waals surface area contributed by atoms with Crippen molar-refractivity contribution in [3.63, 3.8) is 0 Å². The Kier molecular flexibility index (Phi) is 7.97. The average Bonchev–Trinajstić information content (AvgIpc) is 3.10. The molecule has 2 unspecified atom stereocenters. The highest BCUT2D eigenvalue weighted by molar-refractivity contribution is 7.91. The standard InChI is InChI=1S/C24H33NO5S/c1-4-29-23-10-8-20(9-11-23)14-25(21-12-13-31(27,28)17-21)15-22(26)16-30-24-7-5-6-18(2)19(24)3/h5-11,21-22,26H,4,12-17H2,1-3H3. The Morgan fingerprint density at radius 3 is 2.52 bits per heavy atom. The van der Waals surface area contributed by atoms with Crippen LogP contribution in [-0.2, 0) is 16.4 Å². The number of rotatable bonds is 10. The summed E-state index contributed by atoms with van der Waals surface area (Å²) in [5, 5.41) is 10.7. The van der Waals surface area contributed by atoms with Crippen molar-refractivity contribution in [1.29, 1.82) is 0 Å². The van der Waals surface area contributed by atoms with Crippen LogP contribution in [0.4, 0.5) is 0 Å². The van der Waals surface area contributed by atoms with E-state index in [2.05, 4.69) is 4.90 Å². The molecule has 2 aromatic carbocycles. The summed E-state index contributed by atoms with van der Waals surface area (Å²) >= 11 is 0. The second kappa shape index (κ2) is 10.5. The summed E-state index contributed by atoms with van der Waals surface area (Å²) in [6, 6.07) is 13.6. The smallest absolute Gasteiger partial charge is 0.151 e. The number of nitrogens with zero attached hydrogens (tertiary/aromatic N) is 1. The lowest BCUT2D eigenvalue weighted by Gasteiger charge is -2.30. The van der Waals surface area contributed by atoms with Gasteiger partial charge in [0, 0.05) is 19.1 Å². The molecule has 0 amide bonds. The molecular formula is C24H33NO5S. The third-order valence-corrected chi connectivity index (χ3v) is 7.53. The van der Waals surface area contributed by atoms with Crippen molar-refractivity contribution < 1.29 is 23.0 Å². The Hall–Kier alpha value is -2.09. The largest absolute Gasteiger partial charge is 0.494 e. The van der Waals surface area contributed by atoms with Gasteiger partial charge in [-0.3, -0.25) is 4.90 Å². The molecule has 2 atom stereocenters. The first-order chi connectivity index (χ1) is 14.8. The maximum Gasteiger partial charge on any atom is 0.151 e. The van der Waals surface area contributed by atoms with Gasteiger partial charge < -0.3 is 14.6 Å². The first-order valence-corrected chi connectivity index (χ1v) is 12.6. The Morgan fingerprint density at radius 1 is 1.13 bits per heavy atom. The molecule has 0 spiro atoms. The van der Waals surface area contributed by atoms with Crippen molar-refractivity contribution in [3.05, 3.63) is 59.2 Å². The first kappa shape index (κ1) is 23.6. The van der Waals surface area contributed by atoms with Crippen molar-refractivity contribution >= 4 is 9.84 Å². The quantitative estimate of drug-likeness (QED) is 0.603. The zero-order valence-corrected chi connectivity index (χ0v) is 19.4. The molecule has 6 nitrogen and oxygen atoms in total. The number of aliphatic hydroxyl groups is 1. The molecule has 1 N–H and O–H groups in total. The van der Waals surface area contributed by atoms with E-state index in [0.29, 0.717) is 26.1 Å². The van der Waals surface area contributed by atoms with Crippen LogP contribution in [0.2, 0.25) is 0 Å². The van der Waals surface area contributed by atoms with Crippen molar-refractivity contribution in [2.75, 3.05) is 31.3 Å². The number of sulfone groups is 1. The van der Waals surface area contributed by atoms with Crippen LogP contribution < -0.4 is 9.47 Å². The highest BCUT2D eigenvalue weighted by Gasteiger charge is 2.33. The van der Waals surface area contributed by atoms with Crippen molar-refractivity contribution in [1.82, 2.24) is 4.90 Å². The molecule has 1 aliphatic heterocycles. The number of aliphatic hydroxyl groups excluding tert-OH is 1. The second-order valence-electron chi connectivity index (χ2n) is 8.23. The average molecular weight is 448 g/mol. The maximum absolute atomic E-state index is 12.0. The monoisotopic (exact) mass is 447 g/mol. The highest BCUT2D eigenvalue weighted by Crippen LogP contribution is 2.23. The molecule has 1 saturated heterocycles. The van der Waals surface area contributed by atoms with Gasteiger partial charge in [-0.1, -0.05) is 24.3 Å². The summed E-state index contributed by atoms with van der Waals surface area (Å²) in [4.78, 5) is 2.07. The van der Waals surface area contributed by atoms with Crippen LogP contribution in [0, 0.1) is 13.8 Å². The summed E-state index contributed by atoms with van der Waals surface area (Å²) in [6.45, 7) is 7.64. The number of ether oxygens (including phenoxy) is 2. The molecule has 0 aliphatic carbocycles. The fraction of sp³-hybridized carbons (Fsp3) is 0.500. The normalized spacial score (nSPS) is 18.8. The molecule has 3 rings (SSSR count). The summed E-state index contributed by atoms with van der Waals surface area (Å²) in [6.07, 6.45) is -0.143. The van der Waals surface area contributed by atoms with E-state index >= 15 is 0 Å². The van der Waals surface area contributed by atoms with Crippen LogP contribution in [0.5, 0.6) is 11.5 Å². The molecule has 31 heavy (non-hydrogen) atoms. The second-order valence-corrected chi connectivity index (χ2v) is 10.5. The molecule has 0 bridgehead atoms. The number of benzene rings is 2. The van der Waals surface area contributed by atoms with Gasteiger partial charge in [-0.15, -0.1) is 0 Å².